The quantitative estimate of drug-likeness (QED) is 0.882. The van der Waals surface area contributed by atoms with Crippen LogP contribution in [0.25, 0.3) is 0 Å². The molecule has 2 nitrogen and oxygen atoms in total. The van der Waals surface area contributed by atoms with Gasteiger partial charge < -0.3 is 10.5 Å². The molecule has 1 aromatic carbocycles. The van der Waals surface area contributed by atoms with Crippen LogP contribution in [0.5, 0.6) is 5.75 Å². The predicted octanol–water partition coefficient (Wildman–Crippen LogP) is 3.01. The summed E-state index contributed by atoms with van der Waals surface area (Å²) in [7, 11) is 0. The van der Waals surface area contributed by atoms with Crippen LogP contribution in [0.15, 0.2) is 22.7 Å². The summed E-state index contributed by atoms with van der Waals surface area (Å²) in [5.74, 6) is 0.944. The Labute approximate surface area is 92.6 Å². The Kier molecular flexibility index (Phi) is 2.79. The molecule has 0 radical (unpaired) electrons. The smallest absolute Gasteiger partial charge is 0.124 e. The number of nitrogens with two attached hydrogens (primary N) is 1. The first-order valence-electron chi connectivity index (χ1n) is 4.94. The van der Waals surface area contributed by atoms with Gasteiger partial charge in [-0.2, -0.15) is 0 Å². The van der Waals surface area contributed by atoms with E-state index >= 15 is 0 Å². The average Bonchev–Trinajstić information content (AvgIpc) is 2.46. The molecular weight excluding hydrogens is 242 g/mol. The van der Waals surface area contributed by atoms with Crippen molar-refractivity contribution in [1.82, 2.24) is 0 Å². The van der Waals surface area contributed by atoms with E-state index in [4.69, 9.17) is 10.5 Å². The van der Waals surface area contributed by atoms with Crippen LogP contribution in [0.4, 0.5) is 0 Å². The summed E-state index contributed by atoms with van der Waals surface area (Å²) in [6, 6.07) is 6.05. The minimum absolute atomic E-state index is 0.0300. The van der Waals surface area contributed by atoms with E-state index in [1.54, 1.807) is 0 Å². The number of rotatable bonds is 2. The second-order valence-corrected chi connectivity index (χ2v) is 4.57. The largest absolute Gasteiger partial charge is 0.488 e. The minimum Gasteiger partial charge on any atom is -0.488 e. The average molecular weight is 256 g/mol. The van der Waals surface area contributed by atoms with Gasteiger partial charge in [-0.25, -0.2) is 0 Å². The number of fused-ring (bicyclic) bond motifs is 1. The normalized spacial score (nSPS) is 24.5. The van der Waals surface area contributed by atoms with Gasteiger partial charge in [-0.1, -0.05) is 29.3 Å². The van der Waals surface area contributed by atoms with E-state index in [0.29, 0.717) is 0 Å². The molecule has 1 aliphatic heterocycles. The Morgan fingerprint density at radius 1 is 1.50 bits per heavy atom. The van der Waals surface area contributed by atoms with Gasteiger partial charge in [0.2, 0.25) is 0 Å². The molecule has 0 saturated carbocycles. The van der Waals surface area contributed by atoms with Crippen LogP contribution in [0.3, 0.4) is 0 Å². The molecule has 76 valence electrons. The molecule has 0 saturated heterocycles. The van der Waals surface area contributed by atoms with E-state index in [1.165, 1.54) is 0 Å². The molecule has 0 bridgehead atoms. The first-order chi connectivity index (χ1) is 6.72. The molecule has 0 fully saturated rings. The van der Waals surface area contributed by atoms with Crippen LogP contribution >= 0.6 is 15.9 Å². The second kappa shape index (κ2) is 3.91. The molecule has 0 spiro atoms. The molecule has 14 heavy (non-hydrogen) atoms. The van der Waals surface area contributed by atoms with Gasteiger partial charge in [-0.05, 0) is 24.6 Å². The molecule has 2 unspecified atom stereocenters. The first kappa shape index (κ1) is 9.99. The van der Waals surface area contributed by atoms with Crippen LogP contribution in [0.1, 0.15) is 31.4 Å². The molecule has 1 aromatic rings. The fourth-order valence-electron chi connectivity index (χ4n) is 1.85. The highest BCUT2D eigenvalue weighted by Crippen LogP contribution is 2.38. The van der Waals surface area contributed by atoms with Crippen molar-refractivity contribution in [3.05, 3.63) is 28.2 Å². The number of halogens is 1. The zero-order valence-corrected chi connectivity index (χ0v) is 9.75. The Hall–Kier alpha value is -0.540. The van der Waals surface area contributed by atoms with E-state index in [9.17, 15) is 0 Å². The molecule has 3 heteroatoms. The highest BCUT2D eigenvalue weighted by atomic mass is 79.9. The first-order valence-corrected chi connectivity index (χ1v) is 5.73. The monoisotopic (exact) mass is 255 g/mol. The van der Waals surface area contributed by atoms with Crippen molar-refractivity contribution in [2.75, 3.05) is 0 Å². The second-order valence-electron chi connectivity index (χ2n) is 3.65. The standard InChI is InChI=1S/C11H14BrNO/c1-2-3-10-11(13)8-6-7(12)4-5-9(8)14-10/h4-6,10-11H,2-3,13H2,1H3. The van der Waals surface area contributed by atoms with Crippen molar-refractivity contribution in [2.45, 2.75) is 31.9 Å². The summed E-state index contributed by atoms with van der Waals surface area (Å²) in [5, 5.41) is 0. The summed E-state index contributed by atoms with van der Waals surface area (Å²) >= 11 is 3.44. The Morgan fingerprint density at radius 3 is 3.00 bits per heavy atom. The lowest BCUT2D eigenvalue weighted by atomic mass is 10.0. The SMILES string of the molecule is CCCC1Oc2ccc(Br)cc2C1N. The maximum Gasteiger partial charge on any atom is 0.124 e. The number of benzene rings is 1. The van der Waals surface area contributed by atoms with Gasteiger partial charge in [0.1, 0.15) is 11.9 Å². The molecule has 0 aromatic heterocycles. The summed E-state index contributed by atoms with van der Waals surface area (Å²) in [4.78, 5) is 0. The molecule has 2 N–H and O–H groups in total. The van der Waals surface area contributed by atoms with Crippen molar-refractivity contribution in [3.63, 3.8) is 0 Å². The topological polar surface area (TPSA) is 35.2 Å². The van der Waals surface area contributed by atoms with Crippen LogP contribution in [-0.4, -0.2) is 6.10 Å². The zero-order chi connectivity index (χ0) is 10.1. The van der Waals surface area contributed by atoms with Gasteiger partial charge in [0.15, 0.2) is 0 Å². The minimum atomic E-state index is 0.0300. The van der Waals surface area contributed by atoms with Crippen molar-refractivity contribution in [1.29, 1.82) is 0 Å². The number of hydrogen-bond donors (Lipinski definition) is 1. The molecule has 1 aliphatic rings. The van der Waals surface area contributed by atoms with Crippen molar-refractivity contribution >= 4 is 15.9 Å². The maximum absolute atomic E-state index is 6.10. The maximum atomic E-state index is 6.10. The molecule has 0 amide bonds. The van der Waals surface area contributed by atoms with Gasteiger partial charge in [-0.15, -0.1) is 0 Å². The van der Waals surface area contributed by atoms with E-state index in [1.807, 2.05) is 12.1 Å². The van der Waals surface area contributed by atoms with Gasteiger partial charge in [-0.3, -0.25) is 0 Å². The zero-order valence-electron chi connectivity index (χ0n) is 8.16. The summed E-state index contributed by atoms with van der Waals surface area (Å²) in [5.41, 5.74) is 7.22. The third-order valence-electron chi connectivity index (χ3n) is 2.58. The lowest BCUT2D eigenvalue weighted by Gasteiger charge is -2.13. The van der Waals surface area contributed by atoms with E-state index < -0.39 is 0 Å². The number of hydrogen-bond acceptors (Lipinski definition) is 2. The molecule has 2 atom stereocenters. The molecule has 0 aliphatic carbocycles. The Balaban J connectivity index is 2.27. The summed E-state index contributed by atoms with van der Waals surface area (Å²) in [6.45, 7) is 2.15. The predicted molar refractivity (Wildman–Crippen MR) is 60.4 cm³/mol. The van der Waals surface area contributed by atoms with E-state index in [2.05, 4.69) is 28.9 Å². The highest BCUT2D eigenvalue weighted by Gasteiger charge is 2.30. The van der Waals surface area contributed by atoms with Crippen molar-refractivity contribution in [3.8, 4) is 5.75 Å². The van der Waals surface area contributed by atoms with Crippen LogP contribution in [0, 0.1) is 0 Å². The molecule has 1 heterocycles. The summed E-state index contributed by atoms with van der Waals surface area (Å²) < 4.78 is 6.83. The lowest BCUT2D eigenvalue weighted by molar-refractivity contribution is 0.195. The fourth-order valence-corrected chi connectivity index (χ4v) is 2.23. The Morgan fingerprint density at radius 2 is 2.29 bits per heavy atom. The summed E-state index contributed by atoms with van der Waals surface area (Å²) in [6.07, 6.45) is 2.28. The Bertz CT molecular complexity index is 340. The highest BCUT2D eigenvalue weighted by molar-refractivity contribution is 9.10. The van der Waals surface area contributed by atoms with Gasteiger partial charge in [0.05, 0.1) is 6.04 Å². The van der Waals surface area contributed by atoms with Crippen LogP contribution < -0.4 is 10.5 Å². The van der Waals surface area contributed by atoms with Crippen LogP contribution in [-0.2, 0) is 0 Å². The van der Waals surface area contributed by atoms with Gasteiger partial charge in [0, 0.05) is 10.0 Å². The van der Waals surface area contributed by atoms with Crippen LogP contribution in [0.2, 0.25) is 0 Å². The van der Waals surface area contributed by atoms with Gasteiger partial charge >= 0.3 is 0 Å². The van der Waals surface area contributed by atoms with Gasteiger partial charge in [0.25, 0.3) is 0 Å². The van der Waals surface area contributed by atoms with Crippen molar-refractivity contribution < 1.29 is 4.74 Å². The third kappa shape index (κ3) is 1.66. The lowest BCUT2D eigenvalue weighted by Crippen LogP contribution is -2.24. The van der Waals surface area contributed by atoms with Crippen molar-refractivity contribution in [2.24, 2.45) is 5.73 Å². The van der Waals surface area contributed by atoms with E-state index in [-0.39, 0.29) is 12.1 Å². The number of ether oxygens (including phenoxy) is 1. The third-order valence-corrected chi connectivity index (χ3v) is 3.08. The molecular formula is C11H14BrNO. The fraction of sp³-hybridized carbons (Fsp3) is 0.455. The molecule has 2 rings (SSSR count). The van der Waals surface area contributed by atoms with E-state index in [0.717, 1.165) is 28.6 Å².